The first-order valence-electron chi connectivity index (χ1n) is 5.39. The van der Waals surface area contributed by atoms with Gasteiger partial charge < -0.3 is 10.5 Å². The minimum absolute atomic E-state index is 0.143. The minimum atomic E-state index is -0.237. The molecule has 1 fully saturated rings. The van der Waals surface area contributed by atoms with Crippen LogP contribution in [0.4, 0.5) is 0 Å². The molecule has 0 radical (unpaired) electrons. The highest BCUT2D eigenvalue weighted by Crippen LogP contribution is 2.25. The molecule has 0 aromatic rings. The van der Waals surface area contributed by atoms with Gasteiger partial charge in [-0.05, 0) is 11.8 Å². The summed E-state index contributed by atoms with van der Waals surface area (Å²) in [6.07, 6.45) is 0.867. The van der Waals surface area contributed by atoms with Crippen LogP contribution < -0.4 is 5.73 Å². The first kappa shape index (κ1) is 12.5. The monoisotopic (exact) mass is 214 g/mol. The summed E-state index contributed by atoms with van der Waals surface area (Å²) in [4.78, 5) is 13.4. The van der Waals surface area contributed by atoms with Gasteiger partial charge in [-0.2, -0.15) is 0 Å². The van der Waals surface area contributed by atoms with E-state index in [2.05, 4.69) is 25.7 Å². The molecule has 15 heavy (non-hydrogen) atoms. The fourth-order valence-electron chi connectivity index (χ4n) is 2.11. The molecule has 2 N–H and O–H groups in total. The van der Waals surface area contributed by atoms with Crippen molar-refractivity contribution >= 4 is 5.91 Å². The minimum Gasteiger partial charge on any atom is -0.380 e. The molecule has 1 aliphatic heterocycles. The van der Waals surface area contributed by atoms with Crippen LogP contribution in [0.2, 0.25) is 0 Å². The molecule has 1 aliphatic rings. The number of primary amides is 1. The lowest BCUT2D eigenvalue weighted by molar-refractivity contribution is -0.122. The summed E-state index contributed by atoms with van der Waals surface area (Å²) in [6, 6.07) is -0.158. The summed E-state index contributed by atoms with van der Waals surface area (Å²) >= 11 is 0. The molecule has 0 aromatic heterocycles. The Hall–Kier alpha value is -0.610. The molecule has 88 valence electrons. The summed E-state index contributed by atoms with van der Waals surface area (Å²) in [5, 5.41) is 0. The van der Waals surface area contributed by atoms with E-state index >= 15 is 0 Å². The lowest BCUT2D eigenvalue weighted by Crippen LogP contribution is -2.43. The van der Waals surface area contributed by atoms with Gasteiger partial charge in [0.05, 0.1) is 12.1 Å². The average molecular weight is 214 g/mol. The standard InChI is InChI=1S/C11H22N2O2/c1-11(2,3)7-13-6-8(15-4)5-9(13)10(12)14/h8-9H,5-7H2,1-4H3,(H2,12,14)/t8-,9-/m0/s1. The Morgan fingerprint density at radius 2 is 2.13 bits per heavy atom. The van der Waals surface area contributed by atoms with Crippen molar-refractivity contribution in [3.05, 3.63) is 0 Å². The molecule has 0 aromatic carbocycles. The third kappa shape index (κ3) is 3.47. The van der Waals surface area contributed by atoms with Crippen LogP contribution >= 0.6 is 0 Å². The molecule has 0 spiro atoms. The van der Waals surface area contributed by atoms with E-state index in [4.69, 9.17) is 10.5 Å². The van der Waals surface area contributed by atoms with Crippen molar-refractivity contribution in [1.29, 1.82) is 0 Å². The molecular formula is C11H22N2O2. The maximum absolute atomic E-state index is 11.3. The van der Waals surface area contributed by atoms with Crippen LogP contribution in [0.25, 0.3) is 0 Å². The van der Waals surface area contributed by atoms with Crippen LogP contribution in [-0.2, 0) is 9.53 Å². The van der Waals surface area contributed by atoms with Crippen LogP contribution in [0.1, 0.15) is 27.2 Å². The number of carbonyl (C=O) groups is 1. The highest BCUT2D eigenvalue weighted by atomic mass is 16.5. The van der Waals surface area contributed by atoms with Gasteiger partial charge in [0.15, 0.2) is 0 Å². The number of nitrogens with two attached hydrogens (primary N) is 1. The fraction of sp³-hybridized carbons (Fsp3) is 0.909. The molecule has 1 amide bonds. The van der Waals surface area contributed by atoms with E-state index in [9.17, 15) is 4.79 Å². The van der Waals surface area contributed by atoms with Crippen molar-refractivity contribution in [2.75, 3.05) is 20.2 Å². The number of carbonyl (C=O) groups excluding carboxylic acids is 1. The number of hydrogen-bond acceptors (Lipinski definition) is 3. The first-order valence-corrected chi connectivity index (χ1v) is 5.39. The number of hydrogen-bond donors (Lipinski definition) is 1. The Morgan fingerprint density at radius 3 is 2.53 bits per heavy atom. The second kappa shape index (κ2) is 4.49. The lowest BCUT2D eigenvalue weighted by atomic mass is 9.95. The molecular weight excluding hydrogens is 192 g/mol. The van der Waals surface area contributed by atoms with Crippen LogP contribution in [0.5, 0.6) is 0 Å². The number of likely N-dealkylation sites (tertiary alicyclic amines) is 1. The number of rotatable bonds is 3. The Kier molecular flexibility index (Phi) is 3.73. The molecule has 1 heterocycles. The molecule has 4 heteroatoms. The average Bonchev–Trinajstić information content (AvgIpc) is 2.44. The number of methoxy groups -OCH3 is 1. The third-order valence-electron chi connectivity index (χ3n) is 2.70. The normalized spacial score (nSPS) is 28.3. The highest BCUT2D eigenvalue weighted by Gasteiger charge is 2.37. The maximum atomic E-state index is 11.3. The van der Waals surface area contributed by atoms with Crippen molar-refractivity contribution in [2.45, 2.75) is 39.3 Å². The Balaban J connectivity index is 2.64. The zero-order valence-electron chi connectivity index (χ0n) is 10.1. The van der Waals surface area contributed by atoms with Crippen molar-refractivity contribution in [3.63, 3.8) is 0 Å². The second-order valence-corrected chi connectivity index (χ2v) is 5.50. The highest BCUT2D eigenvalue weighted by molar-refractivity contribution is 5.80. The summed E-state index contributed by atoms with van der Waals surface area (Å²) in [7, 11) is 1.68. The van der Waals surface area contributed by atoms with Gasteiger partial charge in [0.2, 0.25) is 5.91 Å². The zero-order chi connectivity index (χ0) is 11.6. The topological polar surface area (TPSA) is 55.6 Å². The largest absolute Gasteiger partial charge is 0.380 e. The van der Waals surface area contributed by atoms with E-state index in [1.165, 1.54) is 0 Å². The van der Waals surface area contributed by atoms with Gasteiger partial charge in [-0.15, -0.1) is 0 Å². The van der Waals surface area contributed by atoms with Crippen molar-refractivity contribution in [1.82, 2.24) is 4.90 Å². The quantitative estimate of drug-likeness (QED) is 0.749. The summed E-state index contributed by atoms with van der Waals surface area (Å²) in [5.74, 6) is -0.237. The number of amides is 1. The maximum Gasteiger partial charge on any atom is 0.234 e. The smallest absolute Gasteiger partial charge is 0.234 e. The van der Waals surface area contributed by atoms with E-state index in [0.29, 0.717) is 0 Å². The van der Waals surface area contributed by atoms with Crippen molar-refractivity contribution < 1.29 is 9.53 Å². The van der Waals surface area contributed by atoms with Crippen LogP contribution in [-0.4, -0.2) is 43.2 Å². The van der Waals surface area contributed by atoms with E-state index in [1.807, 2.05) is 0 Å². The molecule has 0 saturated carbocycles. The number of ether oxygens (including phenoxy) is 1. The van der Waals surface area contributed by atoms with Crippen LogP contribution in [0, 0.1) is 5.41 Å². The predicted octanol–water partition coefficient (Wildman–Crippen LogP) is 0.607. The van der Waals surface area contributed by atoms with E-state index in [1.54, 1.807) is 7.11 Å². The lowest BCUT2D eigenvalue weighted by Gasteiger charge is -2.29. The van der Waals surface area contributed by atoms with Gasteiger partial charge >= 0.3 is 0 Å². The van der Waals surface area contributed by atoms with Gasteiger partial charge in [-0.25, -0.2) is 0 Å². The Bertz CT molecular complexity index is 235. The summed E-state index contributed by atoms with van der Waals surface area (Å²) < 4.78 is 5.29. The Labute approximate surface area is 91.8 Å². The Morgan fingerprint density at radius 1 is 1.53 bits per heavy atom. The number of nitrogens with zero attached hydrogens (tertiary/aromatic N) is 1. The molecule has 1 rings (SSSR count). The zero-order valence-corrected chi connectivity index (χ0v) is 10.1. The van der Waals surface area contributed by atoms with Crippen LogP contribution in [0.3, 0.4) is 0 Å². The summed E-state index contributed by atoms with van der Waals surface area (Å²) in [5.41, 5.74) is 5.56. The predicted molar refractivity (Wildman–Crippen MR) is 59.4 cm³/mol. The van der Waals surface area contributed by atoms with Crippen LogP contribution in [0.15, 0.2) is 0 Å². The molecule has 4 nitrogen and oxygen atoms in total. The molecule has 1 saturated heterocycles. The first-order chi connectivity index (χ1) is 6.83. The van der Waals surface area contributed by atoms with Crippen molar-refractivity contribution in [3.8, 4) is 0 Å². The SMILES string of the molecule is CO[C@H]1C[C@@H](C(N)=O)N(CC(C)(C)C)C1. The van der Waals surface area contributed by atoms with Crippen molar-refractivity contribution in [2.24, 2.45) is 11.1 Å². The van der Waals surface area contributed by atoms with E-state index in [-0.39, 0.29) is 23.5 Å². The second-order valence-electron chi connectivity index (χ2n) is 5.50. The molecule has 0 bridgehead atoms. The van der Waals surface area contributed by atoms with Gasteiger partial charge in [0, 0.05) is 20.2 Å². The van der Waals surface area contributed by atoms with E-state index < -0.39 is 0 Å². The molecule has 0 unspecified atom stereocenters. The fourth-order valence-corrected chi connectivity index (χ4v) is 2.11. The van der Waals surface area contributed by atoms with Gasteiger partial charge in [-0.3, -0.25) is 9.69 Å². The van der Waals surface area contributed by atoms with Gasteiger partial charge in [0.1, 0.15) is 0 Å². The molecule has 0 aliphatic carbocycles. The third-order valence-corrected chi connectivity index (χ3v) is 2.70. The van der Waals surface area contributed by atoms with E-state index in [0.717, 1.165) is 19.5 Å². The molecule has 2 atom stereocenters. The summed E-state index contributed by atoms with van der Waals surface area (Å²) in [6.45, 7) is 8.16. The van der Waals surface area contributed by atoms with Gasteiger partial charge in [0.25, 0.3) is 0 Å². The van der Waals surface area contributed by atoms with Gasteiger partial charge in [-0.1, -0.05) is 20.8 Å².